The van der Waals surface area contributed by atoms with Gasteiger partial charge in [-0.3, -0.25) is 0 Å². The van der Waals surface area contributed by atoms with Crippen LogP contribution in [-0.4, -0.2) is 29.2 Å². The van der Waals surface area contributed by atoms with Gasteiger partial charge < -0.3 is 16.0 Å². The molecule has 4 aromatic rings. The number of aryl methyl sites for hydroxylation is 1. The molecule has 0 atom stereocenters. The zero-order chi connectivity index (χ0) is 21.5. The summed E-state index contributed by atoms with van der Waals surface area (Å²) in [6.45, 7) is 2.65. The van der Waals surface area contributed by atoms with Crippen molar-refractivity contribution in [2.24, 2.45) is 0 Å². The molecule has 2 heterocycles. The number of nitrogen functional groups attached to an aromatic ring is 2. The van der Waals surface area contributed by atoms with Gasteiger partial charge in [0.15, 0.2) is 9.84 Å². The molecule has 0 amide bonds. The monoisotopic (exact) mass is 421 g/mol. The van der Waals surface area contributed by atoms with E-state index in [1.807, 2.05) is 43.5 Å². The minimum Gasteiger partial charge on any atom is -0.383 e. The topological polar surface area (TPSA) is 117 Å². The molecule has 30 heavy (non-hydrogen) atoms. The number of nitrogens with zero attached hydrogens (tertiary/aromatic N) is 3. The van der Waals surface area contributed by atoms with E-state index in [9.17, 15) is 8.42 Å². The SMILES string of the molecule is CCc1nc(N)nc(N)c1-c1ccc2c(ccn2Cc2ccc(S(C)(=O)=O)cc2)c1. The molecular weight excluding hydrogens is 398 g/mol. The number of aromatic nitrogens is 3. The molecule has 2 aromatic carbocycles. The number of benzene rings is 2. The zero-order valence-electron chi connectivity index (χ0n) is 16.8. The van der Waals surface area contributed by atoms with E-state index in [-0.39, 0.29) is 5.95 Å². The first-order valence-corrected chi connectivity index (χ1v) is 11.5. The number of fused-ring (bicyclic) bond motifs is 1. The number of hydrogen-bond donors (Lipinski definition) is 2. The van der Waals surface area contributed by atoms with E-state index in [1.165, 1.54) is 6.26 Å². The molecule has 4 rings (SSSR count). The van der Waals surface area contributed by atoms with Crippen LogP contribution in [0.15, 0.2) is 59.6 Å². The maximum absolute atomic E-state index is 11.6. The minimum absolute atomic E-state index is 0.183. The zero-order valence-corrected chi connectivity index (χ0v) is 17.6. The molecule has 0 radical (unpaired) electrons. The predicted molar refractivity (Wildman–Crippen MR) is 120 cm³/mol. The second kappa shape index (κ2) is 7.46. The molecule has 0 aliphatic rings. The first-order chi connectivity index (χ1) is 14.3. The van der Waals surface area contributed by atoms with Gasteiger partial charge in [0.1, 0.15) is 5.82 Å². The van der Waals surface area contributed by atoms with Crippen molar-refractivity contribution in [3.63, 3.8) is 0 Å². The van der Waals surface area contributed by atoms with Crippen molar-refractivity contribution in [1.29, 1.82) is 0 Å². The molecule has 0 spiro atoms. The fourth-order valence-corrected chi connectivity index (χ4v) is 4.28. The van der Waals surface area contributed by atoms with Crippen molar-refractivity contribution in [2.45, 2.75) is 24.8 Å². The van der Waals surface area contributed by atoms with Crippen molar-refractivity contribution in [2.75, 3.05) is 17.7 Å². The van der Waals surface area contributed by atoms with Gasteiger partial charge in [0, 0.05) is 35.5 Å². The third-order valence-corrected chi connectivity index (χ3v) is 6.26. The van der Waals surface area contributed by atoms with E-state index in [1.54, 1.807) is 12.1 Å². The average molecular weight is 422 g/mol. The second-order valence-electron chi connectivity index (χ2n) is 7.28. The summed E-state index contributed by atoms with van der Waals surface area (Å²) in [7, 11) is -3.19. The van der Waals surface area contributed by atoms with Crippen molar-refractivity contribution in [1.82, 2.24) is 14.5 Å². The predicted octanol–water partition coefficient (Wildman–Crippen LogP) is 3.28. The molecule has 4 N–H and O–H groups in total. The van der Waals surface area contributed by atoms with Crippen LogP contribution in [-0.2, 0) is 22.8 Å². The first kappa shape index (κ1) is 19.9. The van der Waals surface area contributed by atoms with Gasteiger partial charge in [-0.25, -0.2) is 13.4 Å². The Labute approximate surface area is 175 Å². The summed E-state index contributed by atoms with van der Waals surface area (Å²) >= 11 is 0. The molecule has 0 fully saturated rings. The van der Waals surface area contributed by atoms with E-state index < -0.39 is 9.84 Å². The van der Waals surface area contributed by atoms with Crippen molar-refractivity contribution < 1.29 is 8.42 Å². The Bertz CT molecular complexity index is 1340. The quantitative estimate of drug-likeness (QED) is 0.511. The number of rotatable bonds is 5. The van der Waals surface area contributed by atoms with Crippen molar-refractivity contribution in [3.8, 4) is 11.1 Å². The lowest BCUT2D eigenvalue weighted by Gasteiger charge is -2.12. The number of sulfone groups is 1. The summed E-state index contributed by atoms with van der Waals surface area (Å²) in [5, 5.41) is 1.07. The highest BCUT2D eigenvalue weighted by Crippen LogP contribution is 2.31. The van der Waals surface area contributed by atoms with Crippen LogP contribution in [0.5, 0.6) is 0 Å². The molecular formula is C22H23N5O2S. The van der Waals surface area contributed by atoms with Crippen LogP contribution in [0.25, 0.3) is 22.0 Å². The second-order valence-corrected chi connectivity index (χ2v) is 9.29. The third-order valence-electron chi connectivity index (χ3n) is 5.13. The van der Waals surface area contributed by atoms with Gasteiger partial charge in [0.25, 0.3) is 0 Å². The first-order valence-electron chi connectivity index (χ1n) is 9.56. The van der Waals surface area contributed by atoms with Crippen LogP contribution in [0, 0.1) is 0 Å². The van der Waals surface area contributed by atoms with Crippen LogP contribution in [0.1, 0.15) is 18.2 Å². The Morgan fingerprint density at radius 1 is 1.00 bits per heavy atom. The van der Waals surface area contributed by atoms with E-state index in [0.29, 0.717) is 23.7 Å². The largest absolute Gasteiger partial charge is 0.383 e. The van der Waals surface area contributed by atoms with Gasteiger partial charge in [-0.05, 0) is 47.9 Å². The van der Waals surface area contributed by atoms with Gasteiger partial charge in [-0.1, -0.05) is 25.1 Å². The summed E-state index contributed by atoms with van der Waals surface area (Å²) in [6.07, 6.45) is 3.93. The lowest BCUT2D eigenvalue weighted by atomic mass is 10.0. The molecule has 0 unspecified atom stereocenters. The fraction of sp³-hybridized carbons (Fsp3) is 0.182. The minimum atomic E-state index is -3.19. The standard InChI is InChI=1S/C22H23N5O2S/c1-3-18-20(21(23)26-22(24)25-18)16-6-9-19-15(12-16)10-11-27(19)13-14-4-7-17(8-5-14)30(2,28)29/h4-12H,3,13H2,1-2H3,(H4,23,24,25,26). The van der Waals surface area contributed by atoms with Crippen LogP contribution in [0.2, 0.25) is 0 Å². The third kappa shape index (κ3) is 3.73. The highest BCUT2D eigenvalue weighted by molar-refractivity contribution is 7.90. The number of nitrogens with two attached hydrogens (primary N) is 2. The normalized spacial score (nSPS) is 11.8. The van der Waals surface area contributed by atoms with Gasteiger partial charge in [0.05, 0.1) is 10.6 Å². The van der Waals surface area contributed by atoms with E-state index in [0.717, 1.165) is 33.3 Å². The van der Waals surface area contributed by atoms with E-state index >= 15 is 0 Å². The molecule has 2 aromatic heterocycles. The smallest absolute Gasteiger partial charge is 0.222 e. The Balaban J connectivity index is 1.68. The molecule has 8 heteroatoms. The van der Waals surface area contributed by atoms with E-state index in [4.69, 9.17) is 11.5 Å². The maximum atomic E-state index is 11.6. The maximum Gasteiger partial charge on any atom is 0.222 e. The Kier molecular flexibility index (Phi) is 4.95. The summed E-state index contributed by atoms with van der Waals surface area (Å²) in [6, 6.07) is 15.1. The summed E-state index contributed by atoms with van der Waals surface area (Å²) in [4.78, 5) is 8.78. The van der Waals surface area contributed by atoms with Gasteiger partial charge >= 0.3 is 0 Å². The van der Waals surface area contributed by atoms with Gasteiger partial charge in [-0.15, -0.1) is 0 Å². The van der Waals surface area contributed by atoms with Crippen LogP contribution in [0.4, 0.5) is 11.8 Å². The molecule has 154 valence electrons. The van der Waals surface area contributed by atoms with Crippen molar-refractivity contribution >= 4 is 32.5 Å². The summed E-state index contributed by atoms with van der Waals surface area (Å²) in [5.74, 6) is 0.561. The lowest BCUT2D eigenvalue weighted by Crippen LogP contribution is -2.06. The van der Waals surface area contributed by atoms with Crippen LogP contribution >= 0.6 is 0 Å². The molecule has 0 bridgehead atoms. The molecule has 0 aliphatic carbocycles. The van der Waals surface area contributed by atoms with Gasteiger partial charge in [0.2, 0.25) is 5.95 Å². The van der Waals surface area contributed by atoms with Crippen LogP contribution in [0.3, 0.4) is 0 Å². The lowest BCUT2D eigenvalue weighted by molar-refractivity contribution is 0.602. The van der Waals surface area contributed by atoms with Crippen molar-refractivity contribution in [3.05, 3.63) is 66.0 Å². The Morgan fingerprint density at radius 3 is 2.40 bits per heavy atom. The summed E-state index contributed by atoms with van der Waals surface area (Å²) < 4.78 is 25.4. The Morgan fingerprint density at radius 2 is 1.73 bits per heavy atom. The number of hydrogen-bond acceptors (Lipinski definition) is 6. The van der Waals surface area contributed by atoms with E-state index in [2.05, 4.69) is 20.6 Å². The summed E-state index contributed by atoms with van der Waals surface area (Å²) in [5.41, 5.74) is 16.6. The van der Waals surface area contributed by atoms with Gasteiger partial charge in [-0.2, -0.15) is 4.98 Å². The van der Waals surface area contributed by atoms with Crippen LogP contribution < -0.4 is 11.5 Å². The highest BCUT2D eigenvalue weighted by atomic mass is 32.2. The Hall–Kier alpha value is -3.39. The fourth-order valence-electron chi connectivity index (χ4n) is 3.65. The average Bonchev–Trinajstić information content (AvgIpc) is 3.09. The molecule has 0 saturated heterocycles. The molecule has 7 nitrogen and oxygen atoms in total. The molecule has 0 saturated carbocycles. The number of anilines is 2. The molecule has 0 aliphatic heterocycles. The highest BCUT2D eigenvalue weighted by Gasteiger charge is 2.14.